The van der Waals surface area contributed by atoms with Crippen LogP contribution in [0.2, 0.25) is 0 Å². The van der Waals surface area contributed by atoms with Crippen LogP contribution in [0.15, 0.2) is 41.6 Å². The standard InChI is InChI=1S/C13H12N4O3S/c1-20-12-7-9(8-14)4-5-11(12)17-21(18,19)13-10(15)3-2-6-16-13/h2-7,17H,15H2,1H3. The maximum absolute atomic E-state index is 12.3. The van der Waals surface area contributed by atoms with Gasteiger partial charge in [0.15, 0.2) is 5.03 Å². The van der Waals surface area contributed by atoms with E-state index < -0.39 is 10.0 Å². The fourth-order valence-electron chi connectivity index (χ4n) is 1.67. The second-order valence-corrected chi connectivity index (χ2v) is 5.63. The first kappa shape index (κ1) is 14.6. The highest BCUT2D eigenvalue weighted by atomic mass is 32.2. The van der Waals surface area contributed by atoms with Crippen LogP contribution in [0.1, 0.15) is 5.56 Å². The molecule has 3 N–H and O–H groups in total. The molecule has 0 amide bonds. The number of aromatic nitrogens is 1. The number of hydrogen-bond acceptors (Lipinski definition) is 6. The molecule has 0 unspecified atom stereocenters. The van der Waals surface area contributed by atoms with Gasteiger partial charge in [0.25, 0.3) is 10.0 Å². The number of ether oxygens (including phenoxy) is 1. The molecule has 108 valence electrons. The number of sulfonamides is 1. The van der Waals surface area contributed by atoms with Gasteiger partial charge in [-0.25, -0.2) is 4.98 Å². The highest BCUT2D eigenvalue weighted by Gasteiger charge is 2.20. The monoisotopic (exact) mass is 304 g/mol. The predicted molar refractivity (Wildman–Crippen MR) is 77.2 cm³/mol. The average Bonchev–Trinajstić information content (AvgIpc) is 2.47. The van der Waals surface area contributed by atoms with E-state index in [0.717, 1.165) is 0 Å². The third-order valence-corrected chi connectivity index (χ3v) is 3.97. The van der Waals surface area contributed by atoms with Crippen molar-refractivity contribution in [1.29, 1.82) is 5.26 Å². The average molecular weight is 304 g/mol. The van der Waals surface area contributed by atoms with Crippen LogP contribution in [0.25, 0.3) is 0 Å². The van der Waals surface area contributed by atoms with Crippen LogP contribution >= 0.6 is 0 Å². The Bertz CT molecular complexity index is 812. The van der Waals surface area contributed by atoms with Crippen LogP contribution in [-0.4, -0.2) is 20.5 Å². The first-order valence-corrected chi connectivity index (χ1v) is 7.27. The lowest BCUT2D eigenvalue weighted by atomic mass is 10.2. The van der Waals surface area contributed by atoms with E-state index in [4.69, 9.17) is 15.7 Å². The smallest absolute Gasteiger partial charge is 0.281 e. The quantitative estimate of drug-likeness (QED) is 0.880. The highest BCUT2D eigenvalue weighted by molar-refractivity contribution is 7.92. The first-order valence-electron chi connectivity index (χ1n) is 5.79. The first-order chi connectivity index (χ1) is 9.97. The summed E-state index contributed by atoms with van der Waals surface area (Å²) in [4.78, 5) is 3.77. The Balaban J connectivity index is 2.42. The molecule has 0 aliphatic carbocycles. The van der Waals surface area contributed by atoms with Gasteiger partial charge in [0.05, 0.1) is 30.1 Å². The van der Waals surface area contributed by atoms with Gasteiger partial charge in [-0.05, 0) is 24.3 Å². The van der Waals surface area contributed by atoms with Crippen LogP contribution in [0.5, 0.6) is 5.75 Å². The van der Waals surface area contributed by atoms with Crippen LogP contribution in [0.3, 0.4) is 0 Å². The van der Waals surface area contributed by atoms with Crippen LogP contribution in [0, 0.1) is 11.3 Å². The number of nitrogens with one attached hydrogen (secondary N) is 1. The third-order valence-electron chi connectivity index (χ3n) is 2.63. The van der Waals surface area contributed by atoms with Gasteiger partial charge in [-0.15, -0.1) is 0 Å². The van der Waals surface area contributed by atoms with Crippen molar-refractivity contribution >= 4 is 21.4 Å². The van der Waals surface area contributed by atoms with Gasteiger partial charge >= 0.3 is 0 Å². The molecule has 7 nitrogen and oxygen atoms in total. The van der Waals surface area contributed by atoms with Crippen LogP contribution < -0.4 is 15.2 Å². The molecule has 1 heterocycles. The zero-order valence-electron chi connectivity index (χ0n) is 11.1. The predicted octanol–water partition coefficient (Wildman–Crippen LogP) is 1.34. The van der Waals surface area contributed by atoms with Gasteiger partial charge < -0.3 is 10.5 Å². The molecule has 2 aromatic rings. The Labute approximate surface area is 122 Å². The number of nitriles is 1. The molecule has 0 bridgehead atoms. The lowest BCUT2D eigenvalue weighted by Crippen LogP contribution is -2.16. The summed E-state index contributed by atoms with van der Waals surface area (Å²) in [5.74, 6) is 0.229. The highest BCUT2D eigenvalue weighted by Crippen LogP contribution is 2.28. The maximum Gasteiger partial charge on any atom is 0.281 e. The summed E-state index contributed by atoms with van der Waals surface area (Å²) in [5.41, 5.74) is 6.21. The molecule has 2 rings (SSSR count). The van der Waals surface area contributed by atoms with Crippen molar-refractivity contribution in [3.8, 4) is 11.8 Å². The summed E-state index contributed by atoms with van der Waals surface area (Å²) in [6, 6.07) is 9.27. The molecule has 0 saturated heterocycles. The third kappa shape index (κ3) is 3.04. The molecule has 0 saturated carbocycles. The Morgan fingerprint density at radius 3 is 2.76 bits per heavy atom. The molecule has 1 aromatic carbocycles. The second kappa shape index (κ2) is 5.68. The van der Waals surface area contributed by atoms with E-state index in [1.54, 1.807) is 0 Å². The second-order valence-electron chi connectivity index (χ2n) is 4.03. The van der Waals surface area contributed by atoms with E-state index in [0.29, 0.717) is 5.56 Å². The Morgan fingerprint density at radius 1 is 1.38 bits per heavy atom. The molecule has 0 aliphatic heterocycles. The van der Waals surface area contributed by atoms with Gasteiger partial charge in [0.1, 0.15) is 5.75 Å². The van der Waals surface area contributed by atoms with Crippen molar-refractivity contribution in [2.45, 2.75) is 5.03 Å². The van der Waals surface area contributed by atoms with Gasteiger partial charge in [-0.2, -0.15) is 13.7 Å². The van der Waals surface area contributed by atoms with Crippen molar-refractivity contribution in [3.05, 3.63) is 42.1 Å². The summed E-state index contributed by atoms with van der Waals surface area (Å²) in [6.45, 7) is 0. The number of benzene rings is 1. The Morgan fingerprint density at radius 2 is 2.14 bits per heavy atom. The molecular weight excluding hydrogens is 292 g/mol. The minimum atomic E-state index is -3.95. The number of hydrogen-bond donors (Lipinski definition) is 2. The van der Waals surface area contributed by atoms with Crippen molar-refractivity contribution < 1.29 is 13.2 Å². The van der Waals surface area contributed by atoms with Crippen LogP contribution in [-0.2, 0) is 10.0 Å². The fraction of sp³-hybridized carbons (Fsp3) is 0.0769. The maximum atomic E-state index is 12.3. The molecule has 0 spiro atoms. The van der Waals surface area contributed by atoms with Crippen molar-refractivity contribution in [3.63, 3.8) is 0 Å². The van der Waals surface area contributed by atoms with Gasteiger partial charge in [0, 0.05) is 12.3 Å². The van der Waals surface area contributed by atoms with E-state index in [-0.39, 0.29) is 22.2 Å². The zero-order valence-corrected chi connectivity index (χ0v) is 11.9. The molecule has 8 heteroatoms. The minimum Gasteiger partial charge on any atom is -0.495 e. The number of anilines is 2. The number of methoxy groups -OCH3 is 1. The molecule has 0 radical (unpaired) electrons. The molecule has 1 aromatic heterocycles. The van der Waals surface area contributed by atoms with E-state index in [1.807, 2.05) is 6.07 Å². The fourth-order valence-corrected chi connectivity index (χ4v) is 2.80. The normalized spacial score (nSPS) is 10.7. The summed E-state index contributed by atoms with van der Waals surface area (Å²) >= 11 is 0. The molecule has 0 aliphatic rings. The molecule has 21 heavy (non-hydrogen) atoms. The zero-order chi connectivity index (χ0) is 15.5. The van der Waals surface area contributed by atoms with E-state index in [9.17, 15) is 8.42 Å². The summed E-state index contributed by atoms with van der Waals surface area (Å²) in [5, 5.41) is 8.56. The molecule has 0 fully saturated rings. The number of rotatable bonds is 4. The largest absolute Gasteiger partial charge is 0.495 e. The molecule has 0 atom stereocenters. The van der Waals surface area contributed by atoms with E-state index in [2.05, 4.69) is 9.71 Å². The minimum absolute atomic E-state index is 0.0395. The summed E-state index contributed by atoms with van der Waals surface area (Å²) < 4.78 is 32.0. The SMILES string of the molecule is COc1cc(C#N)ccc1NS(=O)(=O)c1ncccc1N. The van der Waals surface area contributed by atoms with Crippen LogP contribution in [0.4, 0.5) is 11.4 Å². The topological polar surface area (TPSA) is 118 Å². The van der Waals surface area contributed by atoms with Gasteiger partial charge in [-0.3, -0.25) is 4.72 Å². The van der Waals surface area contributed by atoms with Gasteiger partial charge in [-0.1, -0.05) is 0 Å². The van der Waals surface area contributed by atoms with E-state index in [1.165, 1.54) is 43.6 Å². The molecular formula is C13H12N4O3S. The number of nitrogens with zero attached hydrogens (tertiary/aromatic N) is 2. The Kier molecular flexibility index (Phi) is 3.95. The van der Waals surface area contributed by atoms with Gasteiger partial charge in [0.2, 0.25) is 0 Å². The number of nitrogens with two attached hydrogens (primary N) is 1. The van der Waals surface area contributed by atoms with Crippen molar-refractivity contribution in [2.75, 3.05) is 17.6 Å². The Hall–Kier alpha value is -2.79. The van der Waals surface area contributed by atoms with Crippen molar-refractivity contribution in [1.82, 2.24) is 4.98 Å². The van der Waals surface area contributed by atoms with E-state index >= 15 is 0 Å². The number of nitrogen functional groups attached to an aromatic ring is 1. The summed E-state index contributed by atoms with van der Waals surface area (Å²) in [7, 11) is -2.57. The lowest BCUT2D eigenvalue weighted by molar-refractivity contribution is 0.416. The lowest BCUT2D eigenvalue weighted by Gasteiger charge is -2.12. The number of pyridine rings is 1. The van der Waals surface area contributed by atoms with Crippen molar-refractivity contribution in [2.24, 2.45) is 0 Å². The summed E-state index contributed by atoms with van der Waals surface area (Å²) in [6.07, 6.45) is 1.33.